The first-order valence-corrected chi connectivity index (χ1v) is 11.6. The monoisotopic (exact) mass is 364 g/mol. The van der Waals surface area contributed by atoms with Crippen molar-refractivity contribution in [2.75, 3.05) is 6.54 Å². The molecule has 2 fully saturated rings. The third-order valence-electron chi connectivity index (χ3n) is 6.37. The second-order valence-corrected chi connectivity index (χ2v) is 9.43. The predicted octanol–water partition coefficient (Wildman–Crippen LogP) is 5.82. The maximum absolute atomic E-state index is 12.9. The van der Waals surface area contributed by atoms with Crippen LogP contribution in [0.1, 0.15) is 117 Å². The molecular weight excluding hydrogens is 320 g/mol. The van der Waals surface area contributed by atoms with Gasteiger partial charge in [-0.3, -0.25) is 4.79 Å². The molecule has 2 atom stereocenters. The zero-order valence-corrected chi connectivity index (χ0v) is 17.8. The standard InChI is InChI=1S/C23H44N2O/c1-4-5-6-7-8-9-10-11-12-15-18-25-21-17-14-13-16-20(21)24-23(2,3)19-22(25)26/h20-21,24H,4-19H2,1-3H3/t20-,21+/m1/s1. The van der Waals surface area contributed by atoms with Crippen LogP contribution in [0.3, 0.4) is 0 Å². The lowest BCUT2D eigenvalue weighted by atomic mass is 9.88. The number of rotatable bonds is 11. The van der Waals surface area contributed by atoms with Gasteiger partial charge in [-0.15, -0.1) is 0 Å². The van der Waals surface area contributed by atoms with Gasteiger partial charge >= 0.3 is 0 Å². The third kappa shape index (κ3) is 7.21. The summed E-state index contributed by atoms with van der Waals surface area (Å²) in [5.41, 5.74) is -0.0517. The highest BCUT2D eigenvalue weighted by molar-refractivity contribution is 5.78. The molecule has 1 saturated carbocycles. The normalized spacial score (nSPS) is 25.8. The van der Waals surface area contributed by atoms with Gasteiger partial charge in [-0.05, 0) is 33.1 Å². The SMILES string of the molecule is CCCCCCCCCCCCN1C(=O)CC(C)(C)N[C@@H]2CCCC[C@@H]21. The number of hydrogen-bond donors (Lipinski definition) is 1. The minimum absolute atomic E-state index is 0.0517. The number of amides is 1. The van der Waals surface area contributed by atoms with E-state index < -0.39 is 0 Å². The Labute approximate surface area is 162 Å². The Hall–Kier alpha value is -0.570. The Morgan fingerprint density at radius 1 is 0.923 bits per heavy atom. The van der Waals surface area contributed by atoms with Crippen LogP contribution in [0.25, 0.3) is 0 Å². The van der Waals surface area contributed by atoms with Gasteiger partial charge in [-0.2, -0.15) is 0 Å². The number of carbonyl (C=O) groups is 1. The molecule has 1 amide bonds. The fourth-order valence-electron chi connectivity index (χ4n) is 4.93. The summed E-state index contributed by atoms with van der Waals surface area (Å²) in [4.78, 5) is 15.1. The van der Waals surface area contributed by atoms with E-state index in [1.165, 1.54) is 89.9 Å². The lowest BCUT2D eigenvalue weighted by Crippen LogP contribution is -2.53. The molecule has 0 spiro atoms. The van der Waals surface area contributed by atoms with Crippen LogP contribution in [-0.4, -0.2) is 35.0 Å². The average Bonchev–Trinajstić information content (AvgIpc) is 2.69. The van der Waals surface area contributed by atoms with Gasteiger partial charge in [0, 0.05) is 30.6 Å². The highest BCUT2D eigenvalue weighted by atomic mass is 16.2. The van der Waals surface area contributed by atoms with Crippen LogP contribution in [0.2, 0.25) is 0 Å². The Morgan fingerprint density at radius 2 is 1.50 bits per heavy atom. The molecule has 1 N–H and O–H groups in total. The van der Waals surface area contributed by atoms with E-state index in [0.717, 1.165) is 6.54 Å². The van der Waals surface area contributed by atoms with Crippen LogP contribution < -0.4 is 5.32 Å². The first kappa shape index (κ1) is 21.7. The van der Waals surface area contributed by atoms with E-state index in [4.69, 9.17) is 0 Å². The average molecular weight is 365 g/mol. The third-order valence-corrected chi connectivity index (χ3v) is 6.37. The van der Waals surface area contributed by atoms with Gasteiger partial charge < -0.3 is 10.2 Å². The first-order valence-electron chi connectivity index (χ1n) is 11.6. The molecule has 152 valence electrons. The van der Waals surface area contributed by atoms with Gasteiger partial charge in [0.05, 0.1) is 0 Å². The number of nitrogens with one attached hydrogen (secondary N) is 1. The van der Waals surface area contributed by atoms with Crippen molar-refractivity contribution in [1.82, 2.24) is 10.2 Å². The summed E-state index contributed by atoms with van der Waals surface area (Å²) in [5, 5.41) is 3.79. The maximum atomic E-state index is 12.9. The summed E-state index contributed by atoms with van der Waals surface area (Å²) in [6.45, 7) is 7.65. The van der Waals surface area contributed by atoms with Crippen molar-refractivity contribution in [3.63, 3.8) is 0 Å². The molecule has 2 aliphatic rings. The Morgan fingerprint density at radius 3 is 2.15 bits per heavy atom. The molecule has 2 rings (SSSR count). The molecule has 0 unspecified atom stereocenters. The molecule has 3 heteroatoms. The van der Waals surface area contributed by atoms with E-state index in [-0.39, 0.29) is 5.54 Å². The summed E-state index contributed by atoms with van der Waals surface area (Å²) >= 11 is 0. The summed E-state index contributed by atoms with van der Waals surface area (Å²) in [5.74, 6) is 0.382. The van der Waals surface area contributed by atoms with E-state index in [2.05, 4.69) is 31.0 Å². The van der Waals surface area contributed by atoms with Gasteiger partial charge in [0.15, 0.2) is 0 Å². The quantitative estimate of drug-likeness (QED) is 0.469. The zero-order chi connectivity index (χ0) is 18.8. The molecule has 0 bridgehead atoms. The van der Waals surface area contributed by atoms with E-state index in [1.54, 1.807) is 0 Å². The predicted molar refractivity (Wildman–Crippen MR) is 111 cm³/mol. The first-order chi connectivity index (χ1) is 12.5. The van der Waals surface area contributed by atoms with Crippen LogP contribution in [0, 0.1) is 0 Å². The molecule has 0 radical (unpaired) electrons. The molecule has 1 aliphatic heterocycles. The number of fused-ring (bicyclic) bond motifs is 1. The summed E-state index contributed by atoms with van der Waals surface area (Å²) in [6.07, 6.45) is 19.2. The molecule has 3 nitrogen and oxygen atoms in total. The van der Waals surface area contributed by atoms with Crippen molar-refractivity contribution in [2.45, 2.75) is 135 Å². The number of carbonyl (C=O) groups excluding carboxylic acids is 1. The van der Waals surface area contributed by atoms with Gasteiger partial charge in [0.2, 0.25) is 5.91 Å². The molecule has 1 aliphatic carbocycles. The van der Waals surface area contributed by atoms with Crippen LogP contribution in [0.4, 0.5) is 0 Å². The largest absolute Gasteiger partial charge is 0.338 e. The van der Waals surface area contributed by atoms with E-state index >= 15 is 0 Å². The lowest BCUT2D eigenvalue weighted by Gasteiger charge is -2.39. The second-order valence-electron chi connectivity index (χ2n) is 9.43. The Balaban J connectivity index is 1.67. The fraction of sp³-hybridized carbons (Fsp3) is 0.957. The minimum Gasteiger partial charge on any atom is -0.338 e. The molecule has 0 aromatic carbocycles. The van der Waals surface area contributed by atoms with Gasteiger partial charge in [0.25, 0.3) is 0 Å². The van der Waals surface area contributed by atoms with Crippen LogP contribution >= 0.6 is 0 Å². The summed E-state index contributed by atoms with van der Waals surface area (Å²) < 4.78 is 0. The molecule has 0 aromatic heterocycles. The second kappa shape index (κ2) is 11.3. The molecule has 1 saturated heterocycles. The van der Waals surface area contributed by atoms with Crippen LogP contribution in [-0.2, 0) is 4.79 Å². The van der Waals surface area contributed by atoms with E-state index in [9.17, 15) is 4.79 Å². The Bertz CT molecular complexity index is 407. The summed E-state index contributed by atoms with van der Waals surface area (Å²) in [6, 6.07) is 0.949. The maximum Gasteiger partial charge on any atom is 0.224 e. The van der Waals surface area contributed by atoms with Crippen LogP contribution in [0.15, 0.2) is 0 Å². The summed E-state index contributed by atoms with van der Waals surface area (Å²) in [7, 11) is 0. The van der Waals surface area contributed by atoms with Crippen molar-refractivity contribution >= 4 is 5.91 Å². The zero-order valence-electron chi connectivity index (χ0n) is 17.8. The van der Waals surface area contributed by atoms with Crippen LogP contribution in [0.5, 0.6) is 0 Å². The Kier molecular flexibility index (Phi) is 9.45. The highest BCUT2D eigenvalue weighted by Crippen LogP contribution is 2.30. The van der Waals surface area contributed by atoms with Crippen molar-refractivity contribution in [1.29, 1.82) is 0 Å². The van der Waals surface area contributed by atoms with Gasteiger partial charge in [-0.1, -0.05) is 77.6 Å². The smallest absolute Gasteiger partial charge is 0.224 e. The molecule has 0 aromatic rings. The van der Waals surface area contributed by atoms with Crippen molar-refractivity contribution < 1.29 is 4.79 Å². The number of unbranched alkanes of at least 4 members (excludes halogenated alkanes) is 9. The number of nitrogens with zero attached hydrogens (tertiary/aromatic N) is 1. The fourth-order valence-corrected chi connectivity index (χ4v) is 4.93. The topological polar surface area (TPSA) is 32.3 Å². The molecular formula is C23H44N2O. The molecule has 26 heavy (non-hydrogen) atoms. The minimum atomic E-state index is -0.0517. The van der Waals surface area contributed by atoms with Gasteiger partial charge in [0.1, 0.15) is 0 Å². The lowest BCUT2D eigenvalue weighted by molar-refractivity contribution is -0.134. The van der Waals surface area contributed by atoms with E-state index in [1.807, 2.05) is 0 Å². The van der Waals surface area contributed by atoms with Crippen molar-refractivity contribution in [3.8, 4) is 0 Å². The van der Waals surface area contributed by atoms with E-state index in [0.29, 0.717) is 24.4 Å². The van der Waals surface area contributed by atoms with Crippen molar-refractivity contribution in [3.05, 3.63) is 0 Å². The highest BCUT2D eigenvalue weighted by Gasteiger charge is 2.40. The van der Waals surface area contributed by atoms with Gasteiger partial charge in [-0.25, -0.2) is 0 Å². The van der Waals surface area contributed by atoms with Crippen molar-refractivity contribution in [2.24, 2.45) is 0 Å². The molecule has 1 heterocycles. The number of hydrogen-bond acceptors (Lipinski definition) is 2.